The molecule has 2 aliphatic rings. The second-order valence-corrected chi connectivity index (χ2v) is 8.43. The van der Waals surface area contributed by atoms with Gasteiger partial charge in [0.1, 0.15) is 18.2 Å². The van der Waals surface area contributed by atoms with Crippen molar-refractivity contribution in [3.05, 3.63) is 17.5 Å². The van der Waals surface area contributed by atoms with E-state index in [0.29, 0.717) is 6.54 Å². The Labute approximate surface area is 204 Å². The summed E-state index contributed by atoms with van der Waals surface area (Å²) in [5, 5.41) is 12.9. The van der Waals surface area contributed by atoms with Crippen molar-refractivity contribution in [3.8, 4) is 0 Å². The average molecular weight is 561 g/mol. The zero-order valence-electron chi connectivity index (χ0n) is 18.5. The first-order valence-corrected chi connectivity index (χ1v) is 11.5. The number of anilines is 1. The number of rotatable bonds is 6. The van der Waals surface area contributed by atoms with Gasteiger partial charge in [0.25, 0.3) is 0 Å². The van der Waals surface area contributed by atoms with E-state index in [2.05, 4.69) is 41.6 Å². The molecule has 2 saturated heterocycles. The molecule has 0 aliphatic carbocycles. The maximum atomic E-state index is 5.78. The number of aryl methyl sites for hydroxylation is 2. The number of halogens is 1. The highest BCUT2D eigenvalue weighted by atomic mass is 127. The minimum atomic E-state index is 0. The molecule has 2 aliphatic heterocycles. The lowest BCUT2D eigenvalue weighted by Gasteiger charge is -2.36. The van der Waals surface area contributed by atoms with Gasteiger partial charge < -0.3 is 24.4 Å². The highest BCUT2D eigenvalue weighted by molar-refractivity contribution is 14.0. The van der Waals surface area contributed by atoms with Crippen LogP contribution in [-0.2, 0) is 24.8 Å². The Morgan fingerprint density at radius 2 is 2.06 bits per heavy atom. The van der Waals surface area contributed by atoms with Crippen molar-refractivity contribution >= 4 is 46.6 Å². The third-order valence-electron chi connectivity index (χ3n) is 5.69. The molecule has 2 aromatic rings. The summed E-state index contributed by atoms with van der Waals surface area (Å²) < 4.78 is 12.2. The van der Waals surface area contributed by atoms with Gasteiger partial charge in [0, 0.05) is 64.3 Å². The lowest BCUT2D eigenvalue weighted by Crippen LogP contribution is -2.53. The van der Waals surface area contributed by atoms with Crippen LogP contribution in [0.2, 0.25) is 0 Å². The Bertz CT molecular complexity index is 856. The predicted octanol–water partition coefficient (Wildman–Crippen LogP) is 1.60. The summed E-state index contributed by atoms with van der Waals surface area (Å²) in [6.45, 7) is 9.76. The van der Waals surface area contributed by atoms with E-state index in [9.17, 15) is 0 Å². The first kappa shape index (κ1) is 24.1. The summed E-state index contributed by atoms with van der Waals surface area (Å²) >= 11 is 1.49. The molecule has 1 unspecified atom stereocenters. The number of piperazine rings is 1. The second kappa shape index (κ2) is 11.4. The van der Waals surface area contributed by atoms with Crippen LogP contribution >= 0.6 is 35.5 Å². The monoisotopic (exact) mass is 561 g/mol. The van der Waals surface area contributed by atoms with Crippen LogP contribution in [0.1, 0.15) is 37.2 Å². The van der Waals surface area contributed by atoms with Crippen LogP contribution in [0.4, 0.5) is 5.13 Å². The first-order chi connectivity index (χ1) is 14.6. The molecule has 0 radical (unpaired) electrons. The van der Waals surface area contributed by atoms with Crippen molar-refractivity contribution in [2.45, 2.75) is 45.8 Å². The molecule has 12 heteroatoms. The van der Waals surface area contributed by atoms with Crippen LogP contribution in [0, 0.1) is 6.92 Å². The number of hydrogen-bond donors (Lipinski definition) is 1. The summed E-state index contributed by atoms with van der Waals surface area (Å²) in [4.78, 5) is 14.1. The molecule has 10 nitrogen and oxygen atoms in total. The lowest BCUT2D eigenvalue weighted by atomic mass is 10.2. The fraction of sp³-hybridized carbons (Fsp3) is 0.737. The van der Waals surface area contributed by atoms with Crippen LogP contribution in [0.25, 0.3) is 0 Å². The maximum absolute atomic E-state index is 5.78. The summed E-state index contributed by atoms with van der Waals surface area (Å²) in [6.07, 6.45) is 3.38. The summed E-state index contributed by atoms with van der Waals surface area (Å²) in [7, 11) is 1.98. The number of aliphatic imine (C=N–C) groups is 1. The molecule has 0 bridgehead atoms. The molecule has 1 N–H and O–H groups in total. The van der Waals surface area contributed by atoms with Gasteiger partial charge in [0.2, 0.25) is 5.13 Å². The number of nitrogens with one attached hydrogen (secondary N) is 1. The van der Waals surface area contributed by atoms with Crippen molar-refractivity contribution in [1.29, 1.82) is 0 Å². The summed E-state index contributed by atoms with van der Waals surface area (Å²) in [5.41, 5.74) is 0. The van der Waals surface area contributed by atoms with Gasteiger partial charge in [-0.3, -0.25) is 0 Å². The van der Waals surface area contributed by atoms with Crippen LogP contribution in [0.3, 0.4) is 0 Å². The van der Waals surface area contributed by atoms with Crippen LogP contribution in [0.5, 0.6) is 0 Å². The number of guanidine groups is 1. The van der Waals surface area contributed by atoms with Gasteiger partial charge >= 0.3 is 0 Å². The predicted molar refractivity (Wildman–Crippen MR) is 132 cm³/mol. The van der Waals surface area contributed by atoms with E-state index in [-0.39, 0.29) is 30.1 Å². The Morgan fingerprint density at radius 3 is 2.68 bits per heavy atom. The molecule has 172 valence electrons. The quantitative estimate of drug-likeness (QED) is 0.323. The molecule has 0 spiro atoms. The lowest BCUT2D eigenvalue weighted by molar-refractivity contribution is 0.113. The van der Waals surface area contributed by atoms with Gasteiger partial charge in [-0.05, 0) is 19.8 Å². The Balaban J connectivity index is 0.00000272. The zero-order valence-corrected chi connectivity index (χ0v) is 21.6. The summed E-state index contributed by atoms with van der Waals surface area (Å²) in [6, 6.07) is 0. The molecule has 4 heterocycles. The van der Waals surface area contributed by atoms with Crippen LogP contribution in [-0.4, -0.2) is 80.4 Å². The van der Waals surface area contributed by atoms with Crippen molar-refractivity contribution < 1.29 is 4.74 Å². The van der Waals surface area contributed by atoms with E-state index in [1.165, 1.54) is 11.5 Å². The standard InChI is InChI=1S/C19H31N9OS.HI/c1-4-16-22-19(30-25-16)28-9-7-27(8-10-28)18(20-12-15-6-5-11-29-15)21-13-17-24-23-14(2)26(17)3;/h15H,4-13H2,1-3H3,(H,20,21);1H. The molecule has 0 saturated carbocycles. The van der Waals surface area contributed by atoms with Crippen molar-refractivity contribution in [1.82, 2.24) is 34.3 Å². The SMILES string of the molecule is CCc1nsc(N2CCN(C(=NCc3nnc(C)n3C)NCC3CCCO3)CC2)n1.I. The van der Waals surface area contributed by atoms with Gasteiger partial charge in [-0.15, -0.1) is 34.2 Å². The first-order valence-electron chi connectivity index (χ1n) is 10.7. The topological polar surface area (TPSA) is 96.6 Å². The highest BCUT2D eigenvalue weighted by Gasteiger charge is 2.24. The van der Waals surface area contributed by atoms with E-state index in [4.69, 9.17) is 9.73 Å². The van der Waals surface area contributed by atoms with Crippen molar-refractivity contribution in [3.63, 3.8) is 0 Å². The number of nitrogens with zero attached hydrogens (tertiary/aromatic N) is 8. The second-order valence-electron chi connectivity index (χ2n) is 7.70. The highest BCUT2D eigenvalue weighted by Crippen LogP contribution is 2.19. The van der Waals surface area contributed by atoms with Gasteiger partial charge in [-0.2, -0.15) is 4.37 Å². The minimum absolute atomic E-state index is 0. The molecular weight excluding hydrogens is 529 g/mol. The Morgan fingerprint density at radius 1 is 1.26 bits per heavy atom. The number of ether oxygens (including phenoxy) is 1. The third-order valence-corrected chi connectivity index (χ3v) is 6.50. The third kappa shape index (κ3) is 6.04. The molecule has 2 fully saturated rings. The van der Waals surface area contributed by atoms with Crippen molar-refractivity contribution in [2.75, 3.05) is 44.2 Å². The fourth-order valence-corrected chi connectivity index (χ4v) is 4.44. The number of aromatic nitrogens is 5. The molecule has 31 heavy (non-hydrogen) atoms. The van der Waals surface area contributed by atoms with E-state index < -0.39 is 0 Å². The number of hydrogen-bond acceptors (Lipinski definition) is 8. The summed E-state index contributed by atoms with van der Waals surface area (Å²) in [5.74, 6) is 3.60. The fourth-order valence-electron chi connectivity index (χ4n) is 3.64. The van der Waals surface area contributed by atoms with E-state index in [1.54, 1.807) is 0 Å². The largest absolute Gasteiger partial charge is 0.376 e. The molecular formula is C19H32IN9OS. The van der Waals surface area contributed by atoms with Gasteiger partial charge in [-0.25, -0.2) is 9.98 Å². The average Bonchev–Trinajstić information content (AvgIpc) is 3.52. The van der Waals surface area contributed by atoms with E-state index in [1.807, 2.05) is 18.5 Å². The van der Waals surface area contributed by atoms with E-state index in [0.717, 1.165) is 87.2 Å². The molecule has 1 atom stereocenters. The Kier molecular flexibility index (Phi) is 8.84. The van der Waals surface area contributed by atoms with Gasteiger partial charge in [0.05, 0.1) is 6.10 Å². The van der Waals surface area contributed by atoms with Crippen molar-refractivity contribution in [2.24, 2.45) is 12.0 Å². The van der Waals surface area contributed by atoms with Crippen LogP contribution < -0.4 is 10.2 Å². The maximum Gasteiger partial charge on any atom is 0.205 e. The molecule has 4 rings (SSSR count). The van der Waals surface area contributed by atoms with Gasteiger partial charge in [-0.1, -0.05) is 6.92 Å². The molecule has 0 aromatic carbocycles. The van der Waals surface area contributed by atoms with Gasteiger partial charge in [0.15, 0.2) is 11.8 Å². The van der Waals surface area contributed by atoms with Crippen LogP contribution in [0.15, 0.2) is 4.99 Å². The van der Waals surface area contributed by atoms with E-state index >= 15 is 0 Å². The molecule has 2 aromatic heterocycles. The smallest absolute Gasteiger partial charge is 0.205 e. The molecule has 0 amide bonds. The normalized spacial score (nSPS) is 19.6. The minimum Gasteiger partial charge on any atom is -0.376 e. The zero-order chi connectivity index (χ0) is 20.9. The Hall–Kier alpha value is -1.54.